The number of pyridine rings is 1. The van der Waals surface area contributed by atoms with Gasteiger partial charge >= 0.3 is 0 Å². The van der Waals surface area contributed by atoms with Crippen LogP contribution < -0.4 is 0 Å². The molecule has 0 aliphatic carbocycles. The Morgan fingerprint density at radius 1 is 1.11 bits per heavy atom. The zero-order chi connectivity index (χ0) is 13.4. The van der Waals surface area contributed by atoms with Gasteiger partial charge in [-0.1, -0.05) is 26.0 Å². The lowest BCUT2D eigenvalue weighted by molar-refractivity contribution is 0.756. The predicted molar refractivity (Wildman–Crippen MR) is 80.7 cm³/mol. The van der Waals surface area contributed by atoms with Gasteiger partial charge in [-0.15, -0.1) is 0 Å². The van der Waals surface area contributed by atoms with Crippen LogP contribution in [0.15, 0.2) is 47.1 Å². The van der Waals surface area contributed by atoms with Gasteiger partial charge in [0.15, 0.2) is 5.65 Å². The van der Waals surface area contributed by atoms with Crippen LogP contribution in [0, 0.1) is 0 Å². The van der Waals surface area contributed by atoms with Crippen LogP contribution in [0.1, 0.15) is 25.6 Å². The molecular weight excluding hydrogens is 302 g/mol. The lowest BCUT2D eigenvalue weighted by atomic mass is 10.2. The van der Waals surface area contributed by atoms with Gasteiger partial charge in [0, 0.05) is 16.6 Å². The van der Waals surface area contributed by atoms with E-state index in [9.17, 15) is 0 Å². The number of hydrogen-bond acceptors (Lipinski definition) is 2. The average Bonchev–Trinajstić information content (AvgIpc) is 2.79. The van der Waals surface area contributed by atoms with Gasteiger partial charge in [0.05, 0.1) is 5.69 Å². The predicted octanol–water partition coefficient (Wildman–Crippen LogP) is 4.31. The second-order valence-corrected chi connectivity index (χ2v) is 5.61. The van der Waals surface area contributed by atoms with Crippen molar-refractivity contribution >= 4 is 27.1 Å². The summed E-state index contributed by atoms with van der Waals surface area (Å²) >= 11 is 3.61. The van der Waals surface area contributed by atoms with E-state index >= 15 is 0 Å². The lowest BCUT2D eigenvalue weighted by Crippen LogP contribution is -2.04. The minimum atomic E-state index is 0.335. The second kappa shape index (κ2) is 4.78. The largest absolute Gasteiger partial charge is 0.279 e. The number of para-hydroxylation sites is 1. The molecule has 0 N–H and O–H groups in total. The normalized spacial score (nSPS) is 11.4. The smallest absolute Gasteiger partial charge is 0.164 e. The van der Waals surface area contributed by atoms with Crippen LogP contribution in [0.25, 0.3) is 16.9 Å². The van der Waals surface area contributed by atoms with Crippen LogP contribution in [-0.2, 0) is 0 Å². The zero-order valence-corrected chi connectivity index (χ0v) is 12.4. The molecule has 0 aliphatic rings. The van der Waals surface area contributed by atoms with Gasteiger partial charge in [-0.05, 0) is 40.2 Å². The number of fused-ring (bicyclic) bond motifs is 1. The van der Waals surface area contributed by atoms with Crippen molar-refractivity contribution in [2.75, 3.05) is 0 Å². The molecule has 0 amide bonds. The third-order valence-corrected chi connectivity index (χ3v) is 3.72. The van der Waals surface area contributed by atoms with Gasteiger partial charge < -0.3 is 0 Å². The molecule has 0 radical (unpaired) electrons. The molecule has 0 saturated heterocycles. The summed E-state index contributed by atoms with van der Waals surface area (Å²) in [6, 6.07) is 12.1. The van der Waals surface area contributed by atoms with Gasteiger partial charge in [0.25, 0.3) is 0 Å². The SMILES string of the molecule is CC(C)c1nc2cccnc2n1-c1ccccc1Br. The van der Waals surface area contributed by atoms with Gasteiger partial charge in [-0.3, -0.25) is 4.57 Å². The summed E-state index contributed by atoms with van der Waals surface area (Å²) in [6.45, 7) is 4.29. The summed E-state index contributed by atoms with van der Waals surface area (Å²) in [7, 11) is 0. The first kappa shape index (κ1) is 12.4. The number of nitrogens with zero attached hydrogens (tertiary/aromatic N) is 3. The summed E-state index contributed by atoms with van der Waals surface area (Å²) in [4.78, 5) is 9.19. The molecule has 96 valence electrons. The van der Waals surface area contributed by atoms with Gasteiger partial charge in [0.2, 0.25) is 0 Å². The molecule has 0 spiro atoms. The molecule has 0 bridgehead atoms. The Morgan fingerprint density at radius 3 is 2.63 bits per heavy atom. The van der Waals surface area contributed by atoms with E-state index in [1.165, 1.54) is 0 Å². The number of aromatic nitrogens is 3. The van der Waals surface area contributed by atoms with Crippen molar-refractivity contribution in [3.05, 3.63) is 52.9 Å². The summed E-state index contributed by atoms with van der Waals surface area (Å²) in [5.74, 6) is 1.36. The molecule has 0 saturated carbocycles. The van der Waals surface area contributed by atoms with Crippen molar-refractivity contribution in [2.24, 2.45) is 0 Å². The molecule has 4 heteroatoms. The van der Waals surface area contributed by atoms with Crippen molar-refractivity contribution < 1.29 is 0 Å². The first-order valence-corrected chi connectivity index (χ1v) is 7.06. The van der Waals surface area contributed by atoms with E-state index in [1.54, 1.807) is 0 Å². The summed E-state index contributed by atoms with van der Waals surface area (Å²) in [6.07, 6.45) is 1.81. The third-order valence-electron chi connectivity index (χ3n) is 3.05. The van der Waals surface area contributed by atoms with Gasteiger partial charge in [-0.2, -0.15) is 0 Å². The number of imidazole rings is 1. The highest BCUT2D eigenvalue weighted by Crippen LogP contribution is 2.28. The fraction of sp³-hybridized carbons (Fsp3) is 0.200. The standard InChI is InChI=1S/C15H14BrN3/c1-10(2)14-18-12-7-5-9-17-15(12)19(14)13-8-4-3-6-11(13)16/h3-10H,1-2H3. The Morgan fingerprint density at radius 2 is 1.89 bits per heavy atom. The van der Waals surface area contributed by atoms with Gasteiger partial charge in [-0.25, -0.2) is 9.97 Å². The quantitative estimate of drug-likeness (QED) is 0.705. The summed E-state index contributed by atoms with van der Waals surface area (Å²) < 4.78 is 3.17. The fourth-order valence-corrected chi connectivity index (χ4v) is 2.65. The highest BCUT2D eigenvalue weighted by molar-refractivity contribution is 9.10. The number of benzene rings is 1. The van der Waals surface area contributed by atoms with Crippen LogP contribution in [0.2, 0.25) is 0 Å². The first-order valence-electron chi connectivity index (χ1n) is 6.26. The lowest BCUT2D eigenvalue weighted by Gasteiger charge is -2.12. The van der Waals surface area contributed by atoms with Crippen molar-refractivity contribution in [3.8, 4) is 5.69 Å². The zero-order valence-electron chi connectivity index (χ0n) is 10.8. The minimum absolute atomic E-state index is 0.335. The molecule has 0 unspecified atom stereocenters. The molecule has 2 aromatic heterocycles. The number of halogens is 1. The monoisotopic (exact) mass is 315 g/mol. The molecule has 0 aliphatic heterocycles. The van der Waals surface area contributed by atoms with E-state index in [4.69, 9.17) is 4.98 Å². The Labute approximate surface area is 120 Å². The maximum absolute atomic E-state index is 4.71. The maximum Gasteiger partial charge on any atom is 0.164 e. The Bertz CT molecular complexity index is 731. The highest BCUT2D eigenvalue weighted by Gasteiger charge is 2.17. The molecule has 1 aromatic carbocycles. The summed E-state index contributed by atoms with van der Waals surface area (Å²) in [5.41, 5.74) is 2.91. The Kier molecular flexibility index (Phi) is 3.11. The van der Waals surface area contributed by atoms with Crippen LogP contribution in [0.5, 0.6) is 0 Å². The maximum atomic E-state index is 4.71. The Hall–Kier alpha value is -1.68. The molecule has 3 aromatic rings. The average molecular weight is 316 g/mol. The molecule has 0 fully saturated rings. The van der Waals surface area contributed by atoms with Crippen molar-refractivity contribution in [1.82, 2.24) is 14.5 Å². The molecular formula is C15H14BrN3. The van der Waals surface area contributed by atoms with Crippen molar-refractivity contribution in [1.29, 1.82) is 0 Å². The van der Waals surface area contributed by atoms with Crippen LogP contribution in [0.3, 0.4) is 0 Å². The van der Waals surface area contributed by atoms with Crippen molar-refractivity contribution in [2.45, 2.75) is 19.8 Å². The fourth-order valence-electron chi connectivity index (χ4n) is 2.19. The third kappa shape index (κ3) is 2.06. The molecule has 19 heavy (non-hydrogen) atoms. The molecule has 0 atom stereocenters. The van der Waals surface area contributed by atoms with E-state index in [1.807, 2.05) is 36.5 Å². The van der Waals surface area contributed by atoms with Crippen LogP contribution in [0.4, 0.5) is 0 Å². The van der Waals surface area contributed by atoms with E-state index in [2.05, 4.69) is 45.4 Å². The first-order chi connectivity index (χ1) is 9.18. The van der Waals surface area contributed by atoms with E-state index in [0.717, 1.165) is 27.1 Å². The molecule has 3 rings (SSSR count). The second-order valence-electron chi connectivity index (χ2n) is 4.76. The topological polar surface area (TPSA) is 30.7 Å². The van der Waals surface area contributed by atoms with Crippen LogP contribution >= 0.6 is 15.9 Å². The number of rotatable bonds is 2. The van der Waals surface area contributed by atoms with E-state index < -0.39 is 0 Å². The van der Waals surface area contributed by atoms with E-state index in [0.29, 0.717) is 5.92 Å². The highest BCUT2D eigenvalue weighted by atomic mass is 79.9. The van der Waals surface area contributed by atoms with Gasteiger partial charge in [0.1, 0.15) is 11.3 Å². The molecule has 3 nitrogen and oxygen atoms in total. The van der Waals surface area contributed by atoms with E-state index in [-0.39, 0.29) is 0 Å². The van der Waals surface area contributed by atoms with Crippen LogP contribution in [-0.4, -0.2) is 14.5 Å². The summed E-state index contributed by atoms with van der Waals surface area (Å²) in [5, 5.41) is 0. The minimum Gasteiger partial charge on any atom is -0.279 e. The number of hydrogen-bond donors (Lipinski definition) is 0. The van der Waals surface area contributed by atoms with Crippen molar-refractivity contribution in [3.63, 3.8) is 0 Å². The molecule has 2 heterocycles. The Balaban J connectivity index is 2.38.